The molecule has 1 aromatic heterocycles. The van der Waals surface area contributed by atoms with E-state index in [1.54, 1.807) is 23.5 Å². The Kier molecular flexibility index (Phi) is 2.30. The average molecular weight is 245 g/mol. The summed E-state index contributed by atoms with van der Waals surface area (Å²) in [5.74, 6) is -0.517. The number of halogens is 1. The fourth-order valence-electron chi connectivity index (χ4n) is 1.82. The predicted molar refractivity (Wildman–Crippen MR) is 67.2 cm³/mol. The summed E-state index contributed by atoms with van der Waals surface area (Å²) >= 11 is 1.54. The second-order valence-electron chi connectivity index (χ2n) is 3.72. The van der Waals surface area contributed by atoms with Crippen molar-refractivity contribution >= 4 is 34.6 Å². The summed E-state index contributed by atoms with van der Waals surface area (Å²) in [5, 5.41) is 4.65. The lowest BCUT2D eigenvalue weighted by Gasteiger charge is -1.97. The third kappa shape index (κ3) is 1.76. The van der Waals surface area contributed by atoms with E-state index in [-0.39, 0.29) is 11.7 Å². The maximum atomic E-state index is 13.2. The van der Waals surface area contributed by atoms with Gasteiger partial charge in [-0.25, -0.2) is 4.39 Å². The highest BCUT2D eigenvalue weighted by molar-refractivity contribution is 7.11. The van der Waals surface area contributed by atoms with Gasteiger partial charge in [-0.05, 0) is 35.7 Å². The van der Waals surface area contributed by atoms with Crippen molar-refractivity contribution in [3.63, 3.8) is 0 Å². The Morgan fingerprint density at radius 3 is 2.94 bits per heavy atom. The summed E-state index contributed by atoms with van der Waals surface area (Å²) in [6.07, 6.45) is 1.78. The van der Waals surface area contributed by atoms with Crippen LogP contribution in [0.15, 0.2) is 35.7 Å². The first kappa shape index (κ1) is 10.2. The van der Waals surface area contributed by atoms with Crippen molar-refractivity contribution in [1.82, 2.24) is 0 Å². The van der Waals surface area contributed by atoms with E-state index >= 15 is 0 Å². The minimum absolute atomic E-state index is 0.181. The molecular weight excluding hydrogens is 237 g/mol. The first-order chi connectivity index (χ1) is 8.24. The molecule has 84 valence electrons. The highest BCUT2D eigenvalue weighted by Gasteiger charge is 2.24. The zero-order chi connectivity index (χ0) is 11.8. The monoisotopic (exact) mass is 245 g/mol. The number of rotatable bonds is 1. The molecule has 17 heavy (non-hydrogen) atoms. The number of carbonyl (C=O) groups is 1. The summed E-state index contributed by atoms with van der Waals surface area (Å²) in [6.45, 7) is 0. The Balaban J connectivity index is 2.13. The Labute approximate surface area is 101 Å². The van der Waals surface area contributed by atoms with Crippen molar-refractivity contribution in [2.45, 2.75) is 0 Å². The number of fused-ring (bicyclic) bond motifs is 1. The van der Waals surface area contributed by atoms with Crippen molar-refractivity contribution < 1.29 is 9.18 Å². The second kappa shape index (κ2) is 3.82. The number of hydrogen-bond acceptors (Lipinski definition) is 2. The van der Waals surface area contributed by atoms with E-state index in [1.807, 2.05) is 17.5 Å². The molecule has 0 saturated carbocycles. The van der Waals surface area contributed by atoms with Gasteiger partial charge < -0.3 is 5.32 Å². The molecule has 1 aliphatic rings. The van der Waals surface area contributed by atoms with Crippen LogP contribution in [0, 0.1) is 5.82 Å². The molecule has 2 aromatic rings. The van der Waals surface area contributed by atoms with Gasteiger partial charge in [0.15, 0.2) is 0 Å². The lowest BCUT2D eigenvalue weighted by Crippen LogP contribution is -2.03. The first-order valence-electron chi connectivity index (χ1n) is 5.10. The van der Waals surface area contributed by atoms with Crippen molar-refractivity contribution in [3.05, 3.63) is 52.0 Å². The fourth-order valence-corrected chi connectivity index (χ4v) is 2.48. The van der Waals surface area contributed by atoms with Crippen LogP contribution in [0.2, 0.25) is 0 Å². The molecule has 3 rings (SSSR count). The SMILES string of the molecule is O=C1Nc2ccc(F)cc2C1=Cc1cccs1. The van der Waals surface area contributed by atoms with Crippen LogP contribution in [0.3, 0.4) is 0 Å². The number of hydrogen-bond donors (Lipinski definition) is 1. The molecule has 1 N–H and O–H groups in total. The summed E-state index contributed by atoms with van der Waals surface area (Å²) < 4.78 is 13.2. The van der Waals surface area contributed by atoms with Gasteiger partial charge in [-0.15, -0.1) is 11.3 Å². The number of nitrogens with one attached hydrogen (secondary N) is 1. The fraction of sp³-hybridized carbons (Fsp3) is 0. The zero-order valence-electron chi connectivity index (χ0n) is 8.74. The summed E-state index contributed by atoms with van der Waals surface area (Å²) in [5.41, 5.74) is 1.81. The van der Waals surface area contributed by atoms with E-state index in [0.717, 1.165) is 4.88 Å². The van der Waals surface area contributed by atoms with E-state index in [4.69, 9.17) is 0 Å². The minimum Gasteiger partial charge on any atom is -0.321 e. The Hall–Kier alpha value is -1.94. The van der Waals surface area contributed by atoms with Crippen LogP contribution in [0.4, 0.5) is 10.1 Å². The molecule has 1 aromatic carbocycles. The first-order valence-corrected chi connectivity index (χ1v) is 5.98. The van der Waals surface area contributed by atoms with E-state index in [1.165, 1.54) is 12.1 Å². The molecule has 2 heterocycles. The van der Waals surface area contributed by atoms with Gasteiger partial charge in [-0.3, -0.25) is 4.79 Å². The topological polar surface area (TPSA) is 29.1 Å². The maximum absolute atomic E-state index is 13.2. The normalized spacial score (nSPS) is 16.1. The van der Waals surface area contributed by atoms with Crippen LogP contribution in [-0.4, -0.2) is 5.91 Å². The second-order valence-corrected chi connectivity index (χ2v) is 4.70. The van der Waals surface area contributed by atoms with E-state index in [2.05, 4.69) is 5.32 Å². The molecule has 0 unspecified atom stereocenters. The molecule has 1 aliphatic heterocycles. The number of anilines is 1. The van der Waals surface area contributed by atoms with Gasteiger partial charge in [0.1, 0.15) is 5.82 Å². The molecule has 4 heteroatoms. The Bertz CT molecular complexity index is 616. The van der Waals surface area contributed by atoms with Crippen LogP contribution in [0.5, 0.6) is 0 Å². The molecule has 0 atom stereocenters. The smallest absolute Gasteiger partial charge is 0.256 e. The number of benzene rings is 1. The van der Waals surface area contributed by atoms with Crippen molar-refractivity contribution in [1.29, 1.82) is 0 Å². The van der Waals surface area contributed by atoms with Gasteiger partial charge in [-0.1, -0.05) is 6.07 Å². The lowest BCUT2D eigenvalue weighted by molar-refractivity contribution is -0.110. The molecule has 0 saturated heterocycles. The quantitative estimate of drug-likeness (QED) is 0.767. The zero-order valence-corrected chi connectivity index (χ0v) is 9.55. The van der Waals surface area contributed by atoms with Crippen LogP contribution in [0.25, 0.3) is 11.6 Å². The average Bonchev–Trinajstić information content (AvgIpc) is 2.90. The largest absolute Gasteiger partial charge is 0.321 e. The maximum Gasteiger partial charge on any atom is 0.256 e. The van der Waals surface area contributed by atoms with Crippen molar-refractivity contribution in [2.24, 2.45) is 0 Å². The Morgan fingerprint density at radius 1 is 1.29 bits per heavy atom. The molecule has 0 fully saturated rings. The molecule has 1 amide bonds. The third-order valence-electron chi connectivity index (χ3n) is 2.59. The summed E-state index contributed by atoms with van der Waals surface area (Å²) in [6, 6.07) is 8.14. The van der Waals surface area contributed by atoms with Gasteiger partial charge in [0.05, 0.1) is 5.57 Å². The predicted octanol–water partition coefficient (Wildman–Crippen LogP) is 3.38. The standard InChI is InChI=1S/C13H8FNOS/c14-8-3-4-12-10(6-8)11(13(16)15-12)7-9-2-1-5-17-9/h1-7H,(H,15,16). The van der Waals surface area contributed by atoms with Gasteiger partial charge >= 0.3 is 0 Å². The van der Waals surface area contributed by atoms with Crippen molar-refractivity contribution in [2.75, 3.05) is 5.32 Å². The van der Waals surface area contributed by atoms with Gasteiger partial charge in [0.2, 0.25) is 0 Å². The summed E-state index contributed by atoms with van der Waals surface area (Å²) in [4.78, 5) is 12.8. The number of thiophene rings is 1. The third-order valence-corrected chi connectivity index (χ3v) is 3.41. The Morgan fingerprint density at radius 2 is 2.18 bits per heavy atom. The summed E-state index contributed by atoms with van der Waals surface area (Å²) in [7, 11) is 0. The van der Waals surface area contributed by atoms with E-state index < -0.39 is 0 Å². The van der Waals surface area contributed by atoms with Crippen LogP contribution in [-0.2, 0) is 4.79 Å². The highest BCUT2D eigenvalue weighted by Crippen LogP contribution is 2.33. The highest BCUT2D eigenvalue weighted by atomic mass is 32.1. The molecule has 0 radical (unpaired) electrons. The van der Waals surface area contributed by atoms with E-state index in [9.17, 15) is 9.18 Å². The van der Waals surface area contributed by atoms with Crippen molar-refractivity contribution in [3.8, 4) is 0 Å². The van der Waals surface area contributed by atoms with Crippen LogP contribution < -0.4 is 5.32 Å². The van der Waals surface area contributed by atoms with Crippen LogP contribution >= 0.6 is 11.3 Å². The van der Waals surface area contributed by atoms with Crippen LogP contribution in [0.1, 0.15) is 10.4 Å². The molecule has 0 bridgehead atoms. The molecule has 0 spiro atoms. The van der Waals surface area contributed by atoms with Gasteiger partial charge in [-0.2, -0.15) is 0 Å². The van der Waals surface area contributed by atoms with Gasteiger partial charge in [0, 0.05) is 16.1 Å². The van der Waals surface area contributed by atoms with Gasteiger partial charge in [0.25, 0.3) is 5.91 Å². The number of carbonyl (C=O) groups excluding carboxylic acids is 1. The van der Waals surface area contributed by atoms with E-state index in [0.29, 0.717) is 16.8 Å². The molecular formula is C13H8FNOS. The number of amides is 1. The molecule has 2 nitrogen and oxygen atoms in total. The molecule has 0 aliphatic carbocycles. The lowest BCUT2D eigenvalue weighted by atomic mass is 10.1. The minimum atomic E-state index is -0.336.